The van der Waals surface area contributed by atoms with Crippen molar-refractivity contribution in [2.75, 3.05) is 0 Å². The Balaban J connectivity index is 0. The van der Waals surface area contributed by atoms with Crippen molar-refractivity contribution in [2.45, 2.75) is 8.42 Å². The molecule has 11 heteroatoms. The average molecular weight is 290 g/mol. The zero-order chi connectivity index (χ0) is 10.3. The van der Waals surface area contributed by atoms with Gasteiger partial charge in [-0.05, 0) is 12.1 Å². The molecule has 0 aromatic carbocycles. The first-order chi connectivity index (χ1) is 5.71. The van der Waals surface area contributed by atoms with E-state index in [2.05, 4.69) is 0 Å². The first kappa shape index (κ1) is 18.9. The van der Waals surface area contributed by atoms with E-state index in [0.29, 0.717) is 0 Å². The van der Waals surface area contributed by atoms with E-state index in [9.17, 15) is 16.8 Å². The van der Waals surface area contributed by atoms with Crippen LogP contribution in [-0.4, -0.2) is 85.1 Å². The van der Waals surface area contributed by atoms with Gasteiger partial charge in [0.25, 0.3) is 0 Å². The van der Waals surface area contributed by atoms with Gasteiger partial charge in [0.2, 0.25) is 0 Å². The Morgan fingerprint density at radius 2 is 1.13 bits per heavy atom. The van der Waals surface area contributed by atoms with Crippen LogP contribution in [0.1, 0.15) is 0 Å². The zero-order valence-electron chi connectivity index (χ0n) is 7.91. The molecule has 0 aliphatic rings. The monoisotopic (exact) mass is 290 g/mol. The third-order valence-electron chi connectivity index (χ3n) is 1.07. The van der Waals surface area contributed by atoms with Gasteiger partial charge in [-0.15, -0.1) is 11.3 Å². The summed E-state index contributed by atoms with van der Waals surface area (Å²) < 4.78 is 57.7. The molecule has 0 saturated heterocycles. The third-order valence-corrected chi connectivity index (χ3v) is 4.79. The molecule has 0 aliphatic heterocycles. The van der Waals surface area contributed by atoms with Crippen molar-refractivity contribution in [3.8, 4) is 0 Å². The Morgan fingerprint density at radius 3 is 1.27 bits per heavy atom. The molecule has 1 rings (SSSR count). The molecular weight excluding hydrogens is 286 g/mol. The van der Waals surface area contributed by atoms with Crippen LogP contribution in [0.2, 0.25) is 0 Å². The fraction of sp³-hybridized carbons (Fsp3) is 0. The zero-order valence-corrected chi connectivity index (χ0v) is 14.4. The Hall–Kier alpha value is 1.52. The van der Waals surface area contributed by atoms with Crippen LogP contribution in [0.4, 0.5) is 0 Å². The molecule has 0 unspecified atom stereocenters. The Kier molecular flexibility index (Phi) is 8.12. The summed E-state index contributed by atoms with van der Waals surface area (Å²) in [6.07, 6.45) is 0. The summed E-state index contributed by atoms with van der Waals surface area (Å²) in [7, 11) is -8.80. The quantitative estimate of drug-likeness (QED) is 0.560. The van der Waals surface area contributed by atoms with E-state index < -0.39 is 28.7 Å². The van der Waals surface area contributed by atoms with Gasteiger partial charge < -0.3 is 0 Å². The summed E-state index contributed by atoms with van der Waals surface area (Å²) in [4.78, 5) is 0. The molecule has 0 atom stereocenters. The third kappa shape index (κ3) is 5.59. The van der Waals surface area contributed by atoms with Crippen LogP contribution >= 0.6 is 11.3 Å². The van der Waals surface area contributed by atoms with Gasteiger partial charge in [0.15, 0.2) is 0 Å². The van der Waals surface area contributed by atoms with Crippen molar-refractivity contribution in [1.82, 2.24) is 0 Å². The molecule has 0 bridgehead atoms. The molecule has 2 N–H and O–H groups in total. The first-order valence-electron chi connectivity index (χ1n) is 2.76. The summed E-state index contributed by atoms with van der Waals surface area (Å²) in [6, 6.07) is 1.78. The minimum atomic E-state index is -4.40. The second-order valence-corrected chi connectivity index (χ2v) is 6.40. The maximum absolute atomic E-state index is 10.5. The SMILES string of the molecule is O=S(=O)(O)c1ccc(S(=O)(=O)O)s1.[Na].[Na]. The molecular formula is C4H4Na2O6S3. The number of hydrogen-bond donors (Lipinski definition) is 2. The van der Waals surface area contributed by atoms with E-state index in [1.54, 1.807) is 0 Å². The number of hydrogen-bond acceptors (Lipinski definition) is 5. The Bertz CT molecular complexity index is 468. The van der Waals surface area contributed by atoms with Gasteiger partial charge >= 0.3 is 20.2 Å². The summed E-state index contributed by atoms with van der Waals surface area (Å²) in [6.45, 7) is 0. The summed E-state index contributed by atoms with van der Waals surface area (Å²) in [5.74, 6) is 0. The fourth-order valence-electron chi connectivity index (χ4n) is 0.581. The van der Waals surface area contributed by atoms with Gasteiger partial charge in [-0.3, -0.25) is 9.11 Å². The molecule has 6 nitrogen and oxygen atoms in total. The summed E-state index contributed by atoms with van der Waals surface area (Å²) in [5, 5.41) is 0. The molecule has 0 saturated carbocycles. The van der Waals surface area contributed by atoms with E-state index in [4.69, 9.17) is 9.11 Å². The van der Waals surface area contributed by atoms with Crippen molar-refractivity contribution in [3.63, 3.8) is 0 Å². The Morgan fingerprint density at radius 1 is 0.867 bits per heavy atom. The Labute approximate surface area is 135 Å². The van der Waals surface area contributed by atoms with Crippen molar-refractivity contribution in [1.29, 1.82) is 0 Å². The van der Waals surface area contributed by atoms with E-state index in [-0.39, 0.29) is 70.5 Å². The second kappa shape index (κ2) is 6.45. The maximum atomic E-state index is 10.5. The molecule has 0 aliphatic carbocycles. The number of thiophene rings is 1. The minimum Gasteiger partial charge on any atom is -0.281 e. The molecule has 0 spiro atoms. The molecule has 0 fully saturated rings. The van der Waals surface area contributed by atoms with Crippen molar-refractivity contribution in [2.24, 2.45) is 0 Å². The van der Waals surface area contributed by atoms with E-state index >= 15 is 0 Å². The second-order valence-electron chi connectivity index (χ2n) is 2.02. The van der Waals surface area contributed by atoms with Crippen LogP contribution in [0.3, 0.4) is 0 Å². The molecule has 1 aromatic heterocycles. The van der Waals surface area contributed by atoms with Crippen molar-refractivity contribution >= 4 is 90.7 Å². The van der Waals surface area contributed by atoms with Gasteiger partial charge in [-0.25, -0.2) is 0 Å². The van der Waals surface area contributed by atoms with Crippen LogP contribution in [0.15, 0.2) is 20.6 Å². The van der Waals surface area contributed by atoms with Gasteiger partial charge in [-0.1, -0.05) is 0 Å². The van der Waals surface area contributed by atoms with Crippen LogP contribution in [0, 0.1) is 0 Å². The van der Waals surface area contributed by atoms with E-state index in [0.717, 1.165) is 12.1 Å². The molecule has 1 heterocycles. The van der Waals surface area contributed by atoms with Crippen LogP contribution in [0.25, 0.3) is 0 Å². The largest absolute Gasteiger partial charge is 0.304 e. The molecule has 76 valence electrons. The van der Waals surface area contributed by atoms with E-state index in [1.807, 2.05) is 0 Å². The van der Waals surface area contributed by atoms with Crippen molar-refractivity contribution in [3.05, 3.63) is 12.1 Å². The van der Waals surface area contributed by atoms with Gasteiger partial charge in [0, 0.05) is 59.1 Å². The smallest absolute Gasteiger partial charge is 0.281 e. The van der Waals surface area contributed by atoms with Crippen molar-refractivity contribution < 1.29 is 25.9 Å². The normalized spacial score (nSPS) is 11.3. The predicted molar refractivity (Wildman–Crippen MR) is 55.5 cm³/mol. The maximum Gasteiger partial charge on any atom is 0.304 e. The molecule has 2 radical (unpaired) electrons. The first-order valence-corrected chi connectivity index (χ1v) is 6.46. The average Bonchev–Trinajstić information content (AvgIpc) is 2.28. The van der Waals surface area contributed by atoms with E-state index in [1.165, 1.54) is 0 Å². The summed E-state index contributed by atoms with van der Waals surface area (Å²) >= 11 is 0.271. The molecule has 15 heavy (non-hydrogen) atoms. The van der Waals surface area contributed by atoms with Crippen LogP contribution < -0.4 is 0 Å². The molecule has 1 aromatic rings. The summed E-state index contributed by atoms with van der Waals surface area (Å²) in [5.41, 5.74) is 0. The van der Waals surface area contributed by atoms with Crippen LogP contribution in [-0.2, 0) is 20.2 Å². The predicted octanol–water partition coefficient (Wildman–Crippen LogP) is -0.520. The van der Waals surface area contributed by atoms with Gasteiger partial charge in [0.1, 0.15) is 8.42 Å². The topological polar surface area (TPSA) is 109 Å². The van der Waals surface area contributed by atoms with Crippen LogP contribution in [0.5, 0.6) is 0 Å². The standard InChI is InChI=1S/C4H4O6S3.2Na/c5-12(6,7)3-1-2-4(11-3)13(8,9)10;;/h1-2H,(H,5,6,7)(H,8,9,10);;. The number of rotatable bonds is 2. The minimum absolute atomic E-state index is 0. The van der Waals surface area contributed by atoms with Gasteiger partial charge in [-0.2, -0.15) is 16.8 Å². The fourth-order valence-corrected chi connectivity index (χ4v) is 3.07. The van der Waals surface area contributed by atoms with Gasteiger partial charge in [0.05, 0.1) is 0 Å². The molecule has 0 amide bonds.